The van der Waals surface area contributed by atoms with Crippen LogP contribution in [0.25, 0.3) is 0 Å². The Balaban J connectivity index is 0.00000182. The summed E-state index contributed by atoms with van der Waals surface area (Å²) >= 11 is 7.46. The summed E-state index contributed by atoms with van der Waals surface area (Å²) in [5.41, 5.74) is 7.36. The molecule has 0 atom stereocenters. The number of aromatic nitrogens is 1. The van der Waals surface area contributed by atoms with E-state index in [0.29, 0.717) is 12.2 Å². The zero-order chi connectivity index (χ0) is 17.6. The first-order valence-electron chi connectivity index (χ1n) is 8.56. The molecule has 0 bridgehead atoms. The van der Waals surface area contributed by atoms with Crippen LogP contribution in [0.1, 0.15) is 27.5 Å². The van der Waals surface area contributed by atoms with Crippen molar-refractivity contribution >= 4 is 53.7 Å². The number of nitrogens with two attached hydrogens (primary N) is 1. The molecule has 1 aliphatic rings. The number of carbonyl (C=O) groups is 1. The van der Waals surface area contributed by atoms with E-state index in [1.807, 2.05) is 22.4 Å². The summed E-state index contributed by atoms with van der Waals surface area (Å²) in [5, 5.41) is 3.54. The molecule has 2 N–H and O–H groups in total. The van der Waals surface area contributed by atoms with Crippen LogP contribution in [0.2, 0.25) is 5.02 Å². The van der Waals surface area contributed by atoms with Crippen LogP contribution >= 0.6 is 47.8 Å². The fourth-order valence-corrected chi connectivity index (χ4v) is 3.90. The third-order valence-electron chi connectivity index (χ3n) is 4.32. The first-order valence-corrected chi connectivity index (χ1v) is 9.82. The van der Waals surface area contributed by atoms with Crippen LogP contribution in [-0.4, -0.2) is 53.4 Å². The normalized spacial score (nSPS) is 14.8. The fraction of sp³-hybridized carbons (Fsp3) is 0.444. The molecule has 1 aromatic heterocycles. The number of thiazole rings is 1. The van der Waals surface area contributed by atoms with Gasteiger partial charge in [-0.1, -0.05) is 23.7 Å². The van der Waals surface area contributed by atoms with Crippen LogP contribution in [-0.2, 0) is 13.0 Å². The predicted molar refractivity (Wildman–Crippen MR) is 117 cm³/mol. The summed E-state index contributed by atoms with van der Waals surface area (Å²) in [6, 6.07) is 7.96. The maximum Gasteiger partial charge on any atom is 0.273 e. The number of nitrogens with zero attached hydrogens (tertiary/aromatic N) is 3. The second-order valence-electron chi connectivity index (χ2n) is 6.21. The van der Waals surface area contributed by atoms with Crippen LogP contribution < -0.4 is 5.73 Å². The molecule has 1 saturated heterocycles. The van der Waals surface area contributed by atoms with E-state index in [-0.39, 0.29) is 30.7 Å². The van der Waals surface area contributed by atoms with E-state index < -0.39 is 0 Å². The van der Waals surface area contributed by atoms with Gasteiger partial charge in [-0.25, -0.2) is 4.98 Å². The number of rotatable bonds is 5. The number of amides is 1. The number of halogens is 3. The molecule has 0 radical (unpaired) electrons. The number of hydrogen-bond acceptors (Lipinski definition) is 5. The van der Waals surface area contributed by atoms with Crippen molar-refractivity contribution < 1.29 is 4.79 Å². The SMILES string of the molecule is Cl.Cl.NCCc1nc(C(=O)N2CCCN(Cc3ccc(Cl)cc3)CC2)cs1. The van der Waals surface area contributed by atoms with Crippen LogP contribution in [0.15, 0.2) is 29.6 Å². The molecule has 2 aromatic rings. The highest BCUT2D eigenvalue weighted by atomic mass is 35.5. The summed E-state index contributed by atoms with van der Waals surface area (Å²) in [7, 11) is 0. The molecule has 0 aliphatic carbocycles. The Labute approximate surface area is 181 Å². The lowest BCUT2D eigenvalue weighted by Crippen LogP contribution is -2.35. The van der Waals surface area contributed by atoms with Gasteiger partial charge in [0.2, 0.25) is 0 Å². The Bertz CT molecular complexity index is 711. The standard InChI is InChI=1S/C18H23ClN4OS.2ClH/c19-15-4-2-14(3-5-15)12-22-8-1-9-23(11-10-22)18(24)16-13-25-17(21-16)6-7-20;;/h2-5,13H,1,6-12,20H2;2*1H. The zero-order valence-corrected chi connectivity index (χ0v) is 18.2. The molecule has 3 rings (SSSR count). The molecule has 1 aromatic carbocycles. The van der Waals surface area contributed by atoms with Gasteiger partial charge in [0.1, 0.15) is 5.69 Å². The molecule has 1 aliphatic heterocycles. The summed E-state index contributed by atoms with van der Waals surface area (Å²) in [6.45, 7) is 4.81. The fourth-order valence-electron chi connectivity index (χ4n) is 2.99. The molecule has 9 heteroatoms. The van der Waals surface area contributed by atoms with Gasteiger partial charge in [0.05, 0.1) is 5.01 Å². The van der Waals surface area contributed by atoms with Crippen molar-refractivity contribution in [2.45, 2.75) is 19.4 Å². The van der Waals surface area contributed by atoms with Crippen molar-refractivity contribution in [2.24, 2.45) is 5.73 Å². The van der Waals surface area contributed by atoms with Crippen molar-refractivity contribution in [1.82, 2.24) is 14.8 Å². The molecular formula is C18H25Cl3N4OS. The molecule has 2 heterocycles. The summed E-state index contributed by atoms with van der Waals surface area (Å²) < 4.78 is 0. The Hall–Kier alpha value is -0.890. The Morgan fingerprint density at radius 1 is 1.15 bits per heavy atom. The first-order chi connectivity index (χ1) is 12.2. The van der Waals surface area contributed by atoms with Crippen molar-refractivity contribution in [2.75, 3.05) is 32.7 Å². The molecular weight excluding hydrogens is 427 g/mol. The summed E-state index contributed by atoms with van der Waals surface area (Å²) in [6.07, 6.45) is 1.70. The maximum atomic E-state index is 12.7. The van der Waals surface area contributed by atoms with Gasteiger partial charge in [-0.2, -0.15) is 0 Å². The van der Waals surface area contributed by atoms with E-state index in [9.17, 15) is 4.79 Å². The van der Waals surface area contributed by atoms with Crippen LogP contribution in [0.4, 0.5) is 0 Å². The minimum atomic E-state index is 0. The smallest absolute Gasteiger partial charge is 0.273 e. The zero-order valence-electron chi connectivity index (χ0n) is 15.0. The lowest BCUT2D eigenvalue weighted by Gasteiger charge is -2.21. The Morgan fingerprint density at radius 2 is 1.89 bits per heavy atom. The largest absolute Gasteiger partial charge is 0.336 e. The average molecular weight is 452 g/mol. The van der Waals surface area contributed by atoms with Crippen molar-refractivity contribution in [3.63, 3.8) is 0 Å². The van der Waals surface area contributed by atoms with E-state index in [4.69, 9.17) is 17.3 Å². The first kappa shape index (κ1) is 24.1. The van der Waals surface area contributed by atoms with Crippen LogP contribution in [0.3, 0.4) is 0 Å². The van der Waals surface area contributed by atoms with Gasteiger partial charge in [0.25, 0.3) is 5.91 Å². The van der Waals surface area contributed by atoms with Gasteiger partial charge in [0, 0.05) is 49.5 Å². The monoisotopic (exact) mass is 450 g/mol. The van der Waals surface area contributed by atoms with Gasteiger partial charge in [-0.3, -0.25) is 9.69 Å². The lowest BCUT2D eigenvalue weighted by atomic mass is 10.2. The molecule has 1 fully saturated rings. The average Bonchev–Trinajstić information content (AvgIpc) is 2.95. The van der Waals surface area contributed by atoms with Crippen molar-refractivity contribution in [1.29, 1.82) is 0 Å². The second kappa shape index (κ2) is 11.8. The highest BCUT2D eigenvalue weighted by Crippen LogP contribution is 2.16. The van der Waals surface area contributed by atoms with Gasteiger partial charge >= 0.3 is 0 Å². The topological polar surface area (TPSA) is 62.5 Å². The molecule has 0 spiro atoms. The van der Waals surface area contributed by atoms with Gasteiger partial charge < -0.3 is 10.6 Å². The molecule has 1 amide bonds. The maximum absolute atomic E-state index is 12.7. The van der Waals surface area contributed by atoms with E-state index in [0.717, 1.165) is 55.6 Å². The predicted octanol–water partition coefficient (Wildman–Crippen LogP) is 3.49. The third-order valence-corrected chi connectivity index (χ3v) is 5.48. The van der Waals surface area contributed by atoms with Gasteiger partial charge in [-0.15, -0.1) is 36.2 Å². The van der Waals surface area contributed by atoms with Gasteiger partial charge in [0.15, 0.2) is 0 Å². The Morgan fingerprint density at radius 3 is 2.59 bits per heavy atom. The summed E-state index contributed by atoms with van der Waals surface area (Å²) in [5.74, 6) is 0.0351. The number of carbonyl (C=O) groups excluding carboxylic acids is 1. The van der Waals surface area contributed by atoms with Crippen molar-refractivity contribution in [3.8, 4) is 0 Å². The molecule has 27 heavy (non-hydrogen) atoms. The summed E-state index contributed by atoms with van der Waals surface area (Å²) in [4.78, 5) is 21.4. The highest BCUT2D eigenvalue weighted by Gasteiger charge is 2.22. The minimum absolute atomic E-state index is 0. The molecule has 0 saturated carbocycles. The highest BCUT2D eigenvalue weighted by molar-refractivity contribution is 7.09. The molecule has 150 valence electrons. The second-order valence-corrected chi connectivity index (χ2v) is 7.59. The van der Waals surface area contributed by atoms with E-state index in [1.54, 1.807) is 0 Å². The number of benzene rings is 1. The van der Waals surface area contributed by atoms with Crippen LogP contribution in [0.5, 0.6) is 0 Å². The lowest BCUT2D eigenvalue weighted by molar-refractivity contribution is 0.0756. The van der Waals surface area contributed by atoms with E-state index >= 15 is 0 Å². The van der Waals surface area contributed by atoms with E-state index in [1.165, 1.54) is 16.9 Å². The van der Waals surface area contributed by atoms with Crippen molar-refractivity contribution in [3.05, 3.63) is 50.9 Å². The Kier molecular flexibility index (Phi) is 10.6. The third kappa shape index (κ3) is 6.89. The number of hydrogen-bond donors (Lipinski definition) is 1. The quantitative estimate of drug-likeness (QED) is 0.756. The van der Waals surface area contributed by atoms with Gasteiger partial charge in [-0.05, 0) is 30.7 Å². The van der Waals surface area contributed by atoms with E-state index in [2.05, 4.69) is 22.0 Å². The molecule has 5 nitrogen and oxygen atoms in total. The van der Waals surface area contributed by atoms with Crippen LogP contribution in [0, 0.1) is 0 Å². The molecule has 0 unspecified atom stereocenters. The minimum Gasteiger partial charge on any atom is -0.336 e.